The molecule has 4 nitrogen and oxygen atoms in total. The van der Waals surface area contributed by atoms with Gasteiger partial charge in [0.15, 0.2) is 0 Å². The van der Waals surface area contributed by atoms with Crippen LogP contribution in [0.5, 0.6) is 0 Å². The van der Waals surface area contributed by atoms with E-state index in [0.717, 1.165) is 47.1 Å². The Labute approximate surface area is 142 Å². The van der Waals surface area contributed by atoms with E-state index in [-0.39, 0.29) is 23.9 Å². The number of fused-ring (bicyclic) bond motifs is 1. The summed E-state index contributed by atoms with van der Waals surface area (Å²) < 4.78 is 11.3. The third-order valence-electron chi connectivity index (χ3n) is 5.92. The van der Waals surface area contributed by atoms with Crippen LogP contribution in [0.25, 0.3) is 5.57 Å². The lowest BCUT2D eigenvalue weighted by molar-refractivity contribution is -0.229. The first-order chi connectivity index (χ1) is 11.3. The zero-order valence-corrected chi connectivity index (χ0v) is 14.7. The molecule has 0 fully saturated rings. The van der Waals surface area contributed by atoms with Crippen molar-refractivity contribution in [2.45, 2.75) is 51.9 Å². The molecule has 0 aromatic heterocycles. The predicted molar refractivity (Wildman–Crippen MR) is 90.3 cm³/mol. The topological polar surface area (TPSA) is 55.8 Å². The molecule has 0 radical (unpaired) electrons. The molecule has 4 heteroatoms. The van der Waals surface area contributed by atoms with Gasteiger partial charge in [-0.3, -0.25) is 4.79 Å². The molecule has 2 unspecified atom stereocenters. The Kier molecular flexibility index (Phi) is 3.34. The molecule has 128 valence electrons. The summed E-state index contributed by atoms with van der Waals surface area (Å²) in [4.78, 5) is 13.3. The van der Waals surface area contributed by atoms with Crippen LogP contribution in [0.3, 0.4) is 0 Å². The minimum Gasteiger partial charge on any atom is -0.374 e. The third-order valence-corrected chi connectivity index (χ3v) is 5.92. The Hall–Kier alpha value is -1.49. The van der Waals surface area contributed by atoms with Gasteiger partial charge in [0, 0.05) is 18.2 Å². The zero-order chi connectivity index (χ0) is 17.3. The van der Waals surface area contributed by atoms with E-state index in [2.05, 4.69) is 19.9 Å². The monoisotopic (exact) mass is 328 g/mol. The summed E-state index contributed by atoms with van der Waals surface area (Å²) in [5, 5.41) is 11.3. The molecule has 0 saturated heterocycles. The van der Waals surface area contributed by atoms with Crippen molar-refractivity contribution in [3.8, 4) is 0 Å². The van der Waals surface area contributed by atoms with Crippen LogP contribution in [0.4, 0.5) is 0 Å². The van der Waals surface area contributed by atoms with E-state index in [1.54, 1.807) is 7.11 Å². The Morgan fingerprint density at radius 3 is 2.79 bits per heavy atom. The van der Waals surface area contributed by atoms with Gasteiger partial charge >= 0.3 is 0 Å². The molecular formula is C20H24O4. The quantitative estimate of drug-likeness (QED) is 0.858. The Morgan fingerprint density at radius 2 is 2.08 bits per heavy atom. The number of methoxy groups -OCH3 is 1. The standard InChI is InChI=1S/C20H24O4/c1-11-7-8-13-12-6-5-9-19(2,3)17(12)18(21)20(22)16(13)15(11)14(23-4)10-24-20/h7-8,14,22H,5-6,9-10H2,1-4H3. The highest BCUT2D eigenvalue weighted by Crippen LogP contribution is 2.55. The number of ketones is 1. The highest BCUT2D eigenvalue weighted by Gasteiger charge is 2.55. The van der Waals surface area contributed by atoms with Gasteiger partial charge in [-0.2, -0.15) is 0 Å². The molecule has 1 N–H and O–H groups in total. The number of hydrogen-bond donors (Lipinski definition) is 1. The van der Waals surface area contributed by atoms with Gasteiger partial charge in [0.1, 0.15) is 6.10 Å². The van der Waals surface area contributed by atoms with Crippen molar-refractivity contribution in [2.75, 3.05) is 13.7 Å². The summed E-state index contributed by atoms with van der Waals surface area (Å²) in [6.07, 6.45) is 2.61. The number of aryl methyl sites for hydroxylation is 1. The van der Waals surface area contributed by atoms with Gasteiger partial charge in [0.25, 0.3) is 5.79 Å². The Morgan fingerprint density at radius 1 is 1.33 bits per heavy atom. The number of aliphatic hydroxyl groups is 1. The lowest BCUT2D eigenvalue weighted by atomic mass is 9.63. The summed E-state index contributed by atoms with van der Waals surface area (Å²) in [5.74, 6) is -2.16. The summed E-state index contributed by atoms with van der Waals surface area (Å²) >= 11 is 0. The molecule has 4 rings (SSSR count). The fourth-order valence-electron chi connectivity index (χ4n) is 4.72. The molecule has 2 atom stereocenters. The largest absolute Gasteiger partial charge is 0.374 e. The van der Waals surface area contributed by atoms with Crippen LogP contribution in [0, 0.1) is 12.3 Å². The number of benzene rings is 1. The van der Waals surface area contributed by atoms with Gasteiger partial charge in [-0.05, 0) is 53.9 Å². The predicted octanol–water partition coefficient (Wildman–Crippen LogP) is 3.40. The van der Waals surface area contributed by atoms with E-state index in [0.29, 0.717) is 5.56 Å². The average molecular weight is 328 g/mol. The molecule has 1 aromatic rings. The first kappa shape index (κ1) is 16.0. The fourth-order valence-corrected chi connectivity index (χ4v) is 4.72. The molecule has 24 heavy (non-hydrogen) atoms. The van der Waals surface area contributed by atoms with E-state index in [4.69, 9.17) is 9.47 Å². The minimum atomic E-state index is -1.88. The van der Waals surface area contributed by atoms with Crippen LogP contribution in [0.15, 0.2) is 17.7 Å². The molecule has 3 aliphatic rings. The van der Waals surface area contributed by atoms with Crippen molar-refractivity contribution in [3.05, 3.63) is 40.0 Å². The number of Topliss-reactive ketones (excluding diaryl/α,β-unsaturated/α-hetero) is 1. The second-order valence-corrected chi connectivity index (χ2v) is 7.82. The second-order valence-electron chi connectivity index (χ2n) is 7.82. The van der Waals surface area contributed by atoms with E-state index in [1.807, 2.05) is 13.0 Å². The summed E-state index contributed by atoms with van der Waals surface area (Å²) in [6.45, 7) is 6.35. The lowest BCUT2D eigenvalue weighted by Crippen LogP contribution is -2.50. The van der Waals surface area contributed by atoms with Crippen molar-refractivity contribution >= 4 is 11.4 Å². The summed E-state index contributed by atoms with van der Waals surface area (Å²) in [5.41, 5.74) is 5.09. The summed E-state index contributed by atoms with van der Waals surface area (Å²) in [6, 6.07) is 4.09. The second kappa shape index (κ2) is 5.01. The first-order valence-electron chi connectivity index (χ1n) is 8.63. The summed E-state index contributed by atoms with van der Waals surface area (Å²) in [7, 11) is 1.64. The van der Waals surface area contributed by atoms with E-state index >= 15 is 0 Å². The van der Waals surface area contributed by atoms with E-state index in [9.17, 15) is 9.90 Å². The average Bonchev–Trinajstić information content (AvgIpc) is 2.53. The molecule has 1 aromatic carbocycles. The van der Waals surface area contributed by atoms with Gasteiger partial charge in [-0.1, -0.05) is 26.0 Å². The van der Waals surface area contributed by atoms with Gasteiger partial charge in [-0.15, -0.1) is 0 Å². The highest BCUT2D eigenvalue weighted by atomic mass is 16.6. The molecule has 1 heterocycles. The Bertz CT molecular complexity index is 774. The van der Waals surface area contributed by atoms with Gasteiger partial charge < -0.3 is 14.6 Å². The molecule has 0 saturated carbocycles. The molecule has 2 aliphatic carbocycles. The first-order valence-corrected chi connectivity index (χ1v) is 8.63. The van der Waals surface area contributed by atoms with E-state index < -0.39 is 5.79 Å². The number of ether oxygens (including phenoxy) is 2. The van der Waals surface area contributed by atoms with Crippen LogP contribution in [0.1, 0.15) is 61.5 Å². The van der Waals surface area contributed by atoms with Gasteiger partial charge in [0.2, 0.25) is 5.78 Å². The molecule has 0 bridgehead atoms. The van der Waals surface area contributed by atoms with Crippen LogP contribution in [0.2, 0.25) is 0 Å². The SMILES string of the molecule is COC1COC2(O)C(=O)C3=C(CCCC3(C)C)c3ccc(C)c1c32. The number of carbonyl (C=O) groups excluding carboxylic acids is 1. The maximum atomic E-state index is 13.3. The fraction of sp³-hybridized carbons (Fsp3) is 0.550. The number of hydrogen-bond acceptors (Lipinski definition) is 4. The third kappa shape index (κ3) is 1.88. The van der Waals surface area contributed by atoms with Crippen LogP contribution >= 0.6 is 0 Å². The van der Waals surface area contributed by atoms with Crippen LogP contribution < -0.4 is 0 Å². The smallest absolute Gasteiger partial charge is 0.259 e. The van der Waals surface area contributed by atoms with Crippen molar-refractivity contribution < 1.29 is 19.4 Å². The molecular weight excluding hydrogens is 304 g/mol. The number of rotatable bonds is 1. The number of allylic oxidation sites excluding steroid dienone is 1. The van der Waals surface area contributed by atoms with Crippen LogP contribution in [-0.4, -0.2) is 24.6 Å². The van der Waals surface area contributed by atoms with Crippen LogP contribution in [-0.2, 0) is 20.1 Å². The molecule has 0 spiro atoms. The molecule has 0 amide bonds. The molecule has 1 aliphatic heterocycles. The lowest BCUT2D eigenvalue weighted by Gasteiger charge is -2.46. The van der Waals surface area contributed by atoms with Crippen molar-refractivity contribution in [2.24, 2.45) is 5.41 Å². The number of carbonyl (C=O) groups is 1. The van der Waals surface area contributed by atoms with Crippen molar-refractivity contribution in [3.63, 3.8) is 0 Å². The minimum absolute atomic E-state index is 0.180. The van der Waals surface area contributed by atoms with Crippen molar-refractivity contribution in [1.29, 1.82) is 0 Å². The zero-order valence-electron chi connectivity index (χ0n) is 14.7. The van der Waals surface area contributed by atoms with Gasteiger partial charge in [0.05, 0.1) is 6.61 Å². The van der Waals surface area contributed by atoms with E-state index in [1.165, 1.54) is 0 Å². The maximum Gasteiger partial charge on any atom is 0.259 e. The normalized spacial score (nSPS) is 30.9. The Balaban J connectivity index is 2.09. The maximum absolute atomic E-state index is 13.3. The highest BCUT2D eigenvalue weighted by molar-refractivity contribution is 6.12. The van der Waals surface area contributed by atoms with Crippen molar-refractivity contribution in [1.82, 2.24) is 0 Å². The van der Waals surface area contributed by atoms with Gasteiger partial charge in [-0.25, -0.2) is 0 Å².